The number of piperidine rings is 1. The highest BCUT2D eigenvalue weighted by Gasteiger charge is 2.29. The largest absolute Gasteiger partial charge is 0.351 e. The first-order valence-corrected chi connectivity index (χ1v) is 9.64. The van der Waals surface area contributed by atoms with Gasteiger partial charge in [-0.2, -0.15) is 0 Å². The van der Waals surface area contributed by atoms with Crippen LogP contribution in [0.5, 0.6) is 0 Å². The molecule has 0 saturated carbocycles. The number of hydrogen-bond donors (Lipinski definition) is 2. The number of carbonyl (C=O) groups is 2. The van der Waals surface area contributed by atoms with Gasteiger partial charge in [-0.15, -0.1) is 11.3 Å². The maximum absolute atomic E-state index is 12.9. The van der Waals surface area contributed by atoms with Gasteiger partial charge in [0.25, 0.3) is 5.91 Å². The van der Waals surface area contributed by atoms with Crippen LogP contribution in [0.15, 0.2) is 35.8 Å². The molecule has 1 aromatic carbocycles. The zero-order chi connectivity index (χ0) is 18.1. The Morgan fingerprint density at radius 2 is 2.23 bits per heavy atom. The molecule has 4 rings (SSSR count). The minimum absolute atomic E-state index is 0.0825. The maximum Gasteiger partial charge on any atom is 0.270 e. The van der Waals surface area contributed by atoms with Crippen molar-refractivity contribution >= 4 is 50.8 Å². The monoisotopic (exact) mass is 388 g/mol. The summed E-state index contributed by atoms with van der Waals surface area (Å²) in [7, 11) is 0. The number of hydrogen-bond acceptors (Lipinski definition) is 4. The van der Waals surface area contributed by atoms with Crippen molar-refractivity contribution in [2.45, 2.75) is 12.8 Å². The summed E-state index contributed by atoms with van der Waals surface area (Å²) < 4.78 is 0. The summed E-state index contributed by atoms with van der Waals surface area (Å²) in [5, 5.41) is 6.76. The number of anilines is 1. The quantitative estimate of drug-likeness (QED) is 0.716. The van der Waals surface area contributed by atoms with E-state index in [1.54, 1.807) is 17.2 Å². The lowest BCUT2D eigenvalue weighted by Crippen LogP contribution is -2.43. The Labute approximate surface area is 159 Å². The first kappa shape index (κ1) is 17.1. The van der Waals surface area contributed by atoms with Crippen molar-refractivity contribution in [2.75, 3.05) is 18.4 Å². The number of benzene rings is 1. The SMILES string of the molecule is O=C(Nc1nccs1)C1CCCN(C(=O)c2cc3cc(Cl)ccc3[nH]2)C1. The molecule has 1 saturated heterocycles. The molecule has 134 valence electrons. The van der Waals surface area contributed by atoms with Gasteiger partial charge in [-0.05, 0) is 37.1 Å². The summed E-state index contributed by atoms with van der Waals surface area (Å²) in [6.07, 6.45) is 3.22. The predicted molar refractivity (Wildman–Crippen MR) is 103 cm³/mol. The first-order valence-electron chi connectivity index (χ1n) is 8.38. The van der Waals surface area contributed by atoms with Gasteiger partial charge in [-0.25, -0.2) is 4.98 Å². The second kappa shape index (κ2) is 7.09. The fourth-order valence-electron chi connectivity index (χ4n) is 3.26. The Bertz CT molecular complexity index is 953. The van der Waals surface area contributed by atoms with Gasteiger partial charge in [-0.3, -0.25) is 9.59 Å². The topological polar surface area (TPSA) is 78.1 Å². The number of thiazole rings is 1. The van der Waals surface area contributed by atoms with Crippen molar-refractivity contribution in [2.24, 2.45) is 5.92 Å². The summed E-state index contributed by atoms with van der Waals surface area (Å²) in [6.45, 7) is 1.06. The van der Waals surface area contributed by atoms with Crippen LogP contribution in [-0.4, -0.2) is 39.8 Å². The highest BCUT2D eigenvalue weighted by molar-refractivity contribution is 7.13. The van der Waals surface area contributed by atoms with Gasteiger partial charge in [0, 0.05) is 40.6 Å². The third-order valence-electron chi connectivity index (χ3n) is 4.56. The number of fused-ring (bicyclic) bond motifs is 1. The van der Waals surface area contributed by atoms with Crippen LogP contribution in [-0.2, 0) is 4.79 Å². The maximum atomic E-state index is 12.9. The number of rotatable bonds is 3. The molecule has 1 atom stereocenters. The lowest BCUT2D eigenvalue weighted by atomic mass is 9.97. The molecule has 2 N–H and O–H groups in total. The molecule has 2 amide bonds. The van der Waals surface area contributed by atoms with Crippen LogP contribution in [0.4, 0.5) is 5.13 Å². The number of nitrogens with zero attached hydrogens (tertiary/aromatic N) is 2. The Morgan fingerprint density at radius 1 is 1.35 bits per heavy atom. The molecule has 0 radical (unpaired) electrons. The Hall–Kier alpha value is -2.38. The number of nitrogens with one attached hydrogen (secondary N) is 2. The fourth-order valence-corrected chi connectivity index (χ4v) is 3.97. The number of likely N-dealkylation sites (tertiary alicyclic amines) is 1. The van der Waals surface area contributed by atoms with E-state index >= 15 is 0 Å². The van der Waals surface area contributed by atoms with Gasteiger partial charge in [0.15, 0.2) is 5.13 Å². The van der Waals surface area contributed by atoms with Crippen LogP contribution in [0, 0.1) is 5.92 Å². The zero-order valence-electron chi connectivity index (χ0n) is 13.9. The molecule has 6 nitrogen and oxygen atoms in total. The van der Waals surface area contributed by atoms with Crippen molar-refractivity contribution in [1.29, 1.82) is 0 Å². The molecular formula is C18H17ClN4O2S. The first-order chi connectivity index (χ1) is 12.6. The van der Waals surface area contributed by atoms with Crippen LogP contribution in [0.1, 0.15) is 23.3 Å². The van der Waals surface area contributed by atoms with Crippen LogP contribution < -0.4 is 5.32 Å². The molecule has 3 aromatic rings. The number of H-pyrrole nitrogens is 1. The van der Waals surface area contributed by atoms with Gasteiger partial charge in [0.2, 0.25) is 5.91 Å². The van der Waals surface area contributed by atoms with Crippen LogP contribution in [0.2, 0.25) is 5.02 Å². The number of aromatic nitrogens is 2. The van der Waals surface area contributed by atoms with E-state index in [0.29, 0.717) is 28.9 Å². The fraction of sp³-hybridized carbons (Fsp3) is 0.278. The molecule has 1 unspecified atom stereocenters. The van der Waals surface area contributed by atoms with Crippen molar-refractivity contribution in [3.05, 3.63) is 46.6 Å². The van der Waals surface area contributed by atoms with Gasteiger partial charge >= 0.3 is 0 Å². The zero-order valence-corrected chi connectivity index (χ0v) is 15.4. The van der Waals surface area contributed by atoms with E-state index in [1.807, 2.05) is 23.6 Å². The lowest BCUT2D eigenvalue weighted by molar-refractivity contribution is -0.121. The Kier molecular flexibility index (Phi) is 4.65. The smallest absolute Gasteiger partial charge is 0.270 e. The van der Waals surface area contributed by atoms with Gasteiger partial charge in [-0.1, -0.05) is 11.6 Å². The standard InChI is InChI=1S/C18H17ClN4O2S/c19-13-3-4-14-12(8-13)9-15(21-14)17(25)23-6-1-2-11(10-23)16(24)22-18-20-5-7-26-18/h3-5,7-9,11,21H,1-2,6,10H2,(H,20,22,24). The molecule has 2 aromatic heterocycles. The molecule has 8 heteroatoms. The van der Waals surface area contributed by atoms with Gasteiger partial charge in [0.05, 0.1) is 5.92 Å². The average molecular weight is 389 g/mol. The molecule has 0 spiro atoms. The van der Waals surface area contributed by atoms with E-state index in [0.717, 1.165) is 23.7 Å². The van der Waals surface area contributed by atoms with E-state index < -0.39 is 0 Å². The van der Waals surface area contributed by atoms with Gasteiger partial charge < -0.3 is 15.2 Å². The third kappa shape index (κ3) is 3.45. The molecule has 0 aliphatic carbocycles. The van der Waals surface area contributed by atoms with E-state index in [2.05, 4.69) is 15.3 Å². The average Bonchev–Trinajstić information content (AvgIpc) is 3.30. The van der Waals surface area contributed by atoms with E-state index in [-0.39, 0.29) is 17.7 Å². The summed E-state index contributed by atoms with van der Waals surface area (Å²) >= 11 is 7.39. The van der Waals surface area contributed by atoms with E-state index in [9.17, 15) is 9.59 Å². The van der Waals surface area contributed by atoms with Crippen LogP contribution in [0.25, 0.3) is 10.9 Å². The van der Waals surface area contributed by atoms with Crippen LogP contribution >= 0.6 is 22.9 Å². The minimum atomic E-state index is -0.226. The van der Waals surface area contributed by atoms with Gasteiger partial charge in [0.1, 0.15) is 5.69 Å². The second-order valence-corrected chi connectivity index (χ2v) is 7.66. The van der Waals surface area contributed by atoms with E-state index in [1.165, 1.54) is 11.3 Å². The number of aromatic amines is 1. The van der Waals surface area contributed by atoms with Crippen molar-refractivity contribution in [1.82, 2.24) is 14.9 Å². The molecule has 0 bridgehead atoms. The third-order valence-corrected chi connectivity index (χ3v) is 5.48. The van der Waals surface area contributed by atoms with E-state index in [4.69, 9.17) is 11.6 Å². The number of halogens is 1. The summed E-state index contributed by atoms with van der Waals surface area (Å²) in [6, 6.07) is 7.27. The van der Waals surface area contributed by atoms with Crippen molar-refractivity contribution in [3.8, 4) is 0 Å². The molecular weight excluding hydrogens is 372 g/mol. The normalized spacial score (nSPS) is 17.4. The lowest BCUT2D eigenvalue weighted by Gasteiger charge is -2.31. The molecule has 26 heavy (non-hydrogen) atoms. The van der Waals surface area contributed by atoms with Crippen LogP contribution in [0.3, 0.4) is 0 Å². The molecule has 3 heterocycles. The summed E-state index contributed by atoms with van der Waals surface area (Å²) in [4.78, 5) is 34.3. The number of carbonyl (C=O) groups excluding carboxylic acids is 2. The molecule has 1 aliphatic rings. The molecule has 1 fully saturated rings. The Balaban J connectivity index is 1.47. The predicted octanol–water partition coefficient (Wildman–Crippen LogP) is 3.77. The molecule has 1 aliphatic heterocycles. The second-order valence-electron chi connectivity index (χ2n) is 6.33. The van der Waals surface area contributed by atoms with Crippen molar-refractivity contribution < 1.29 is 9.59 Å². The van der Waals surface area contributed by atoms with Crippen molar-refractivity contribution in [3.63, 3.8) is 0 Å². The highest BCUT2D eigenvalue weighted by Crippen LogP contribution is 2.24. The summed E-state index contributed by atoms with van der Waals surface area (Å²) in [5.74, 6) is -0.402. The highest BCUT2D eigenvalue weighted by atomic mass is 35.5. The Morgan fingerprint density at radius 3 is 3.04 bits per heavy atom. The minimum Gasteiger partial charge on any atom is -0.351 e. The number of amides is 2. The summed E-state index contributed by atoms with van der Waals surface area (Å²) in [5.41, 5.74) is 1.39.